The van der Waals surface area contributed by atoms with Crippen LogP contribution >= 0.6 is 0 Å². The van der Waals surface area contributed by atoms with E-state index in [0.717, 1.165) is 16.9 Å². The van der Waals surface area contributed by atoms with Gasteiger partial charge in [-0.2, -0.15) is 0 Å². The Morgan fingerprint density at radius 2 is 1.83 bits per heavy atom. The van der Waals surface area contributed by atoms with E-state index < -0.39 is 6.03 Å². The zero-order chi connectivity index (χ0) is 17.4. The molecule has 126 valence electrons. The molecule has 0 aliphatic heterocycles. The highest BCUT2D eigenvalue weighted by Gasteiger charge is 2.05. The van der Waals surface area contributed by atoms with E-state index in [9.17, 15) is 9.59 Å². The van der Waals surface area contributed by atoms with Gasteiger partial charge in [0.15, 0.2) is 0 Å². The highest BCUT2D eigenvalue weighted by atomic mass is 16.5. The molecule has 6 nitrogen and oxygen atoms in total. The van der Waals surface area contributed by atoms with E-state index in [-0.39, 0.29) is 5.91 Å². The SMILES string of the molecule is Cc1cccc(OCCNC(=O)c2ccc(CNC(N)=O)cc2)c1. The van der Waals surface area contributed by atoms with Crippen molar-refractivity contribution in [2.45, 2.75) is 13.5 Å². The normalized spacial score (nSPS) is 10.0. The molecule has 4 N–H and O–H groups in total. The number of ether oxygens (including phenoxy) is 1. The first kappa shape index (κ1) is 17.3. The van der Waals surface area contributed by atoms with Gasteiger partial charge in [0.1, 0.15) is 12.4 Å². The molecular weight excluding hydrogens is 306 g/mol. The van der Waals surface area contributed by atoms with Crippen LogP contribution in [0.1, 0.15) is 21.5 Å². The minimum absolute atomic E-state index is 0.169. The van der Waals surface area contributed by atoms with Gasteiger partial charge >= 0.3 is 6.03 Å². The largest absolute Gasteiger partial charge is 0.492 e. The van der Waals surface area contributed by atoms with E-state index in [1.54, 1.807) is 24.3 Å². The summed E-state index contributed by atoms with van der Waals surface area (Å²) in [6.45, 7) is 3.15. The summed E-state index contributed by atoms with van der Waals surface area (Å²) in [6, 6.07) is 14.1. The quantitative estimate of drug-likeness (QED) is 0.679. The summed E-state index contributed by atoms with van der Waals surface area (Å²) in [5, 5.41) is 5.29. The molecule has 0 fully saturated rings. The monoisotopic (exact) mass is 327 g/mol. The van der Waals surface area contributed by atoms with Crippen LogP contribution in [0.5, 0.6) is 5.75 Å². The van der Waals surface area contributed by atoms with Crippen LogP contribution in [0, 0.1) is 6.92 Å². The van der Waals surface area contributed by atoms with Crippen LogP contribution in [0.4, 0.5) is 4.79 Å². The molecule has 0 bridgehead atoms. The first-order valence-electron chi connectivity index (χ1n) is 7.64. The number of urea groups is 1. The summed E-state index contributed by atoms with van der Waals surface area (Å²) in [5.74, 6) is 0.618. The lowest BCUT2D eigenvalue weighted by Gasteiger charge is -2.09. The van der Waals surface area contributed by atoms with Gasteiger partial charge in [0.25, 0.3) is 5.91 Å². The third-order valence-corrected chi connectivity index (χ3v) is 3.33. The van der Waals surface area contributed by atoms with E-state index in [2.05, 4.69) is 10.6 Å². The Morgan fingerprint density at radius 3 is 2.50 bits per heavy atom. The third kappa shape index (κ3) is 5.64. The molecule has 0 saturated heterocycles. The molecule has 0 saturated carbocycles. The molecule has 3 amide bonds. The van der Waals surface area contributed by atoms with Gasteiger partial charge in [0.2, 0.25) is 0 Å². The number of rotatable bonds is 7. The average Bonchev–Trinajstić information content (AvgIpc) is 2.57. The third-order valence-electron chi connectivity index (χ3n) is 3.33. The molecular formula is C18H21N3O3. The molecule has 2 rings (SSSR count). The molecule has 0 heterocycles. The molecule has 0 aromatic heterocycles. The van der Waals surface area contributed by atoms with Crippen molar-refractivity contribution in [1.82, 2.24) is 10.6 Å². The summed E-state index contributed by atoms with van der Waals surface area (Å²) >= 11 is 0. The van der Waals surface area contributed by atoms with Gasteiger partial charge in [0.05, 0.1) is 6.54 Å². The maximum atomic E-state index is 12.0. The first-order chi connectivity index (χ1) is 11.5. The van der Waals surface area contributed by atoms with E-state index >= 15 is 0 Å². The first-order valence-corrected chi connectivity index (χ1v) is 7.64. The topological polar surface area (TPSA) is 93.4 Å². The smallest absolute Gasteiger partial charge is 0.312 e. The van der Waals surface area contributed by atoms with Crippen molar-refractivity contribution >= 4 is 11.9 Å². The number of carbonyl (C=O) groups excluding carboxylic acids is 2. The number of nitrogens with one attached hydrogen (secondary N) is 2. The van der Waals surface area contributed by atoms with Gasteiger partial charge in [-0.05, 0) is 42.3 Å². The average molecular weight is 327 g/mol. The Bertz CT molecular complexity index is 699. The number of amides is 3. The van der Waals surface area contributed by atoms with Crippen molar-refractivity contribution in [3.8, 4) is 5.75 Å². The fourth-order valence-corrected chi connectivity index (χ4v) is 2.10. The predicted molar refractivity (Wildman–Crippen MR) is 91.9 cm³/mol. The van der Waals surface area contributed by atoms with Gasteiger partial charge in [-0.15, -0.1) is 0 Å². The van der Waals surface area contributed by atoms with Crippen LogP contribution in [-0.2, 0) is 6.54 Å². The van der Waals surface area contributed by atoms with Crippen LogP contribution < -0.4 is 21.1 Å². The maximum Gasteiger partial charge on any atom is 0.312 e. The zero-order valence-electron chi connectivity index (χ0n) is 13.5. The molecule has 2 aromatic carbocycles. The number of hydrogen-bond acceptors (Lipinski definition) is 3. The van der Waals surface area contributed by atoms with Gasteiger partial charge in [-0.3, -0.25) is 4.79 Å². The number of hydrogen-bond donors (Lipinski definition) is 3. The van der Waals surface area contributed by atoms with E-state index in [4.69, 9.17) is 10.5 Å². The van der Waals surface area contributed by atoms with Crippen molar-refractivity contribution in [2.75, 3.05) is 13.2 Å². The molecule has 24 heavy (non-hydrogen) atoms. The second-order valence-electron chi connectivity index (χ2n) is 5.34. The lowest BCUT2D eigenvalue weighted by atomic mass is 10.1. The lowest BCUT2D eigenvalue weighted by molar-refractivity contribution is 0.0947. The summed E-state index contributed by atoms with van der Waals surface area (Å²) in [6.07, 6.45) is 0. The van der Waals surface area contributed by atoms with Crippen LogP contribution in [0.15, 0.2) is 48.5 Å². The molecule has 0 atom stereocenters. The second-order valence-corrected chi connectivity index (χ2v) is 5.34. The Morgan fingerprint density at radius 1 is 1.08 bits per heavy atom. The Balaban J connectivity index is 1.75. The van der Waals surface area contributed by atoms with Crippen molar-refractivity contribution in [3.63, 3.8) is 0 Å². The van der Waals surface area contributed by atoms with Gasteiger partial charge < -0.3 is 21.1 Å². The molecule has 6 heteroatoms. The van der Waals surface area contributed by atoms with Crippen LogP contribution in [-0.4, -0.2) is 25.1 Å². The summed E-state index contributed by atoms with van der Waals surface area (Å²) < 4.78 is 5.58. The van der Waals surface area contributed by atoms with Crippen LogP contribution in [0.2, 0.25) is 0 Å². The number of benzene rings is 2. The van der Waals surface area contributed by atoms with Crippen molar-refractivity contribution < 1.29 is 14.3 Å². The number of nitrogens with two attached hydrogens (primary N) is 1. The highest BCUT2D eigenvalue weighted by molar-refractivity contribution is 5.94. The minimum atomic E-state index is -0.578. The van der Waals surface area contributed by atoms with Gasteiger partial charge in [-0.25, -0.2) is 4.79 Å². The molecule has 0 aliphatic rings. The standard InChI is InChI=1S/C18H21N3O3/c1-13-3-2-4-16(11-13)24-10-9-20-17(22)15-7-5-14(6-8-15)12-21-18(19)23/h2-8,11H,9-10,12H2,1H3,(H,20,22)(H3,19,21,23). The molecule has 0 aliphatic carbocycles. The van der Waals surface area contributed by atoms with Crippen molar-refractivity contribution in [1.29, 1.82) is 0 Å². The number of primary amides is 1. The van der Waals surface area contributed by atoms with Gasteiger partial charge in [-0.1, -0.05) is 24.3 Å². The Labute approximate surface area is 141 Å². The summed E-state index contributed by atoms with van der Waals surface area (Å²) in [4.78, 5) is 22.7. The number of carbonyl (C=O) groups is 2. The highest BCUT2D eigenvalue weighted by Crippen LogP contribution is 2.11. The lowest BCUT2D eigenvalue weighted by Crippen LogP contribution is -2.29. The zero-order valence-corrected chi connectivity index (χ0v) is 13.5. The summed E-state index contributed by atoms with van der Waals surface area (Å²) in [5.41, 5.74) is 7.56. The minimum Gasteiger partial charge on any atom is -0.492 e. The Hall–Kier alpha value is -3.02. The van der Waals surface area contributed by atoms with E-state index in [1.807, 2.05) is 31.2 Å². The van der Waals surface area contributed by atoms with E-state index in [1.165, 1.54) is 0 Å². The number of aryl methyl sites for hydroxylation is 1. The molecule has 2 aromatic rings. The Kier molecular flexibility index (Phi) is 6.19. The molecule has 0 unspecified atom stereocenters. The fraction of sp³-hybridized carbons (Fsp3) is 0.222. The molecule has 0 radical (unpaired) electrons. The summed E-state index contributed by atoms with van der Waals surface area (Å²) in [7, 11) is 0. The predicted octanol–water partition coefficient (Wildman–Crippen LogP) is 1.97. The van der Waals surface area contributed by atoms with Gasteiger partial charge in [0, 0.05) is 12.1 Å². The van der Waals surface area contributed by atoms with Crippen molar-refractivity contribution in [2.24, 2.45) is 5.73 Å². The maximum absolute atomic E-state index is 12.0. The van der Waals surface area contributed by atoms with Crippen LogP contribution in [0.3, 0.4) is 0 Å². The van der Waals surface area contributed by atoms with E-state index in [0.29, 0.717) is 25.3 Å². The molecule has 0 spiro atoms. The fourth-order valence-electron chi connectivity index (χ4n) is 2.10. The second kappa shape index (κ2) is 8.57. The van der Waals surface area contributed by atoms with Crippen molar-refractivity contribution in [3.05, 3.63) is 65.2 Å². The van der Waals surface area contributed by atoms with Crippen LogP contribution in [0.25, 0.3) is 0 Å².